The fourth-order valence-electron chi connectivity index (χ4n) is 2.43. The third-order valence-electron chi connectivity index (χ3n) is 3.48. The third-order valence-corrected chi connectivity index (χ3v) is 3.97. The smallest absolute Gasteiger partial charge is 0.308 e. The van der Waals surface area contributed by atoms with Crippen LogP contribution in [0, 0.1) is 0 Å². The number of ether oxygens (including phenoxy) is 3. The molecule has 2 rings (SSSR count). The maximum Gasteiger partial charge on any atom is 0.308 e. The van der Waals surface area contributed by atoms with Crippen LogP contribution in [0.15, 0.2) is 22.7 Å². The standard InChI is InChI=1S/C15H20BrNO4/c1-19-14-4-3-12(16)7-11(14)9-17-5-6-21-13(10-17)8-15(18)20-2/h3-4,7,13H,5-6,8-10H2,1-2H3. The molecule has 21 heavy (non-hydrogen) atoms. The molecule has 1 aromatic carbocycles. The van der Waals surface area contributed by atoms with Gasteiger partial charge in [0.25, 0.3) is 0 Å². The molecule has 0 N–H and O–H groups in total. The summed E-state index contributed by atoms with van der Waals surface area (Å²) in [4.78, 5) is 13.6. The highest BCUT2D eigenvalue weighted by molar-refractivity contribution is 9.10. The van der Waals surface area contributed by atoms with Crippen molar-refractivity contribution >= 4 is 21.9 Å². The van der Waals surface area contributed by atoms with Crippen molar-refractivity contribution in [1.82, 2.24) is 4.90 Å². The van der Waals surface area contributed by atoms with Gasteiger partial charge in [0.1, 0.15) is 5.75 Å². The number of methoxy groups -OCH3 is 2. The molecule has 0 aliphatic carbocycles. The van der Waals surface area contributed by atoms with Crippen LogP contribution in [-0.2, 0) is 20.8 Å². The van der Waals surface area contributed by atoms with Crippen molar-refractivity contribution in [2.45, 2.75) is 19.1 Å². The zero-order chi connectivity index (χ0) is 15.2. The first-order valence-electron chi connectivity index (χ1n) is 6.85. The quantitative estimate of drug-likeness (QED) is 0.756. The number of hydrogen-bond donors (Lipinski definition) is 0. The number of morpholine rings is 1. The van der Waals surface area contributed by atoms with Crippen molar-refractivity contribution in [3.63, 3.8) is 0 Å². The maximum atomic E-state index is 11.3. The highest BCUT2D eigenvalue weighted by atomic mass is 79.9. The van der Waals surface area contributed by atoms with Gasteiger partial charge in [0, 0.05) is 29.7 Å². The second-order valence-corrected chi connectivity index (χ2v) is 5.88. The lowest BCUT2D eigenvalue weighted by molar-refractivity contribution is -0.145. The summed E-state index contributed by atoms with van der Waals surface area (Å²) in [5.41, 5.74) is 1.12. The van der Waals surface area contributed by atoms with E-state index >= 15 is 0 Å². The first kappa shape index (κ1) is 16.3. The van der Waals surface area contributed by atoms with Gasteiger partial charge in [-0.15, -0.1) is 0 Å². The number of halogens is 1. The molecule has 1 fully saturated rings. The van der Waals surface area contributed by atoms with Crippen LogP contribution in [-0.4, -0.2) is 50.9 Å². The number of carbonyl (C=O) groups is 1. The van der Waals surface area contributed by atoms with Crippen LogP contribution in [0.5, 0.6) is 5.75 Å². The topological polar surface area (TPSA) is 48.0 Å². The summed E-state index contributed by atoms with van der Waals surface area (Å²) in [5.74, 6) is 0.635. The zero-order valence-electron chi connectivity index (χ0n) is 12.3. The molecule has 1 unspecified atom stereocenters. The van der Waals surface area contributed by atoms with E-state index in [1.807, 2.05) is 12.1 Å². The predicted molar refractivity (Wildman–Crippen MR) is 82.3 cm³/mol. The van der Waals surface area contributed by atoms with Gasteiger partial charge >= 0.3 is 5.97 Å². The van der Waals surface area contributed by atoms with E-state index in [4.69, 9.17) is 14.2 Å². The van der Waals surface area contributed by atoms with Gasteiger partial charge < -0.3 is 14.2 Å². The molecule has 6 heteroatoms. The fourth-order valence-corrected chi connectivity index (χ4v) is 2.84. The molecule has 0 saturated carbocycles. The highest BCUT2D eigenvalue weighted by Crippen LogP contribution is 2.25. The van der Waals surface area contributed by atoms with E-state index in [2.05, 4.69) is 26.9 Å². The van der Waals surface area contributed by atoms with E-state index in [-0.39, 0.29) is 12.1 Å². The summed E-state index contributed by atoms with van der Waals surface area (Å²) in [5, 5.41) is 0. The molecule has 116 valence electrons. The number of rotatable bonds is 5. The predicted octanol–water partition coefficient (Wildman–Crippen LogP) is 2.22. The van der Waals surface area contributed by atoms with Gasteiger partial charge in [0.05, 0.1) is 33.4 Å². The van der Waals surface area contributed by atoms with Gasteiger partial charge in [-0.3, -0.25) is 9.69 Å². The van der Waals surface area contributed by atoms with Crippen molar-refractivity contribution < 1.29 is 19.0 Å². The van der Waals surface area contributed by atoms with Crippen LogP contribution in [0.4, 0.5) is 0 Å². The van der Waals surface area contributed by atoms with E-state index in [0.29, 0.717) is 19.6 Å². The Bertz CT molecular complexity index is 495. The van der Waals surface area contributed by atoms with Gasteiger partial charge in [0.15, 0.2) is 0 Å². The van der Waals surface area contributed by atoms with Crippen molar-refractivity contribution in [2.24, 2.45) is 0 Å². The number of nitrogens with zero attached hydrogens (tertiary/aromatic N) is 1. The lowest BCUT2D eigenvalue weighted by atomic mass is 10.1. The lowest BCUT2D eigenvalue weighted by Crippen LogP contribution is -2.42. The third kappa shape index (κ3) is 4.69. The Hall–Kier alpha value is -1.11. The number of carbonyl (C=O) groups excluding carboxylic acids is 1. The van der Waals surface area contributed by atoms with E-state index < -0.39 is 0 Å². The summed E-state index contributed by atoms with van der Waals surface area (Å²) < 4.78 is 16.7. The molecule has 1 aliphatic rings. The van der Waals surface area contributed by atoms with Gasteiger partial charge in [-0.2, -0.15) is 0 Å². The maximum absolute atomic E-state index is 11.3. The number of benzene rings is 1. The van der Waals surface area contributed by atoms with Gasteiger partial charge in [0.2, 0.25) is 0 Å². The zero-order valence-corrected chi connectivity index (χ0v) is 13.9. The lowest BCUT2D eigenvalue weighted by Gasteiger charge is -2.32. The Morgan fingerprint density at radius 2 is 2.29 bits per heavy atom. The number of esters is 1. The highest BCUT2D eigenvalue weighted by Gasteiger charge is 2.24. The van der Waals surface area contributed by atoms with Crippen LogP contribution in [0.2, 0.25) is 0 Å². The minimum Gasteiger partial charge on any atom is -0.496 e. The second-order valence-electron chi connectivity index (χ2n) is 4.96. The summed E-state index contributed by atoms with van der Waals surface area (Å²) >= 11 is 3.48. The van der Waals surface area contributed by atoms with Crippen molar-refractivity contribution in [2.75, 3.05) is 33.9 Å². The molecule has 1 aliphatic heterocycles. The Balaban J connectivity index is 1.99. The molecule has 1 aromatic rings. The minimum atomic E-state index is -0.234. The Kier molecular flexibility index (Phi) is 6.02. The van der Waals surface area contributed by atoms with Crippen LogP contribution in [0.1, 0.15) is 12.0 Å². The van der Waals surface area contributed by atoms with Crippen molar-refractivity contribution in [3.05, 3.63) is 28.2 Å². The largest absolute Gasteiger partial charge is 0.496 e. The first-order chi connectivity index (χ1) is 10.1. The number of hydrogen-bond acceptors (Lipinski definition) is 5. The molecule has 0 radical (unpaired) electrons. The van der Waals surface area contributed by atoms with Gasteiger partial charge in [-0.05, 0) is 18.2 Å². The molecule has 1 saturated heterocycles. The average molecular weight is 358 g/mol. The van der Waals surface area contributed by atoms with Crippen LogP contribution >= 0.6 is 15.9 Å². The van der Waals surface area contributed by atoms with Crippen LogP contribution < -0.4 is 4.74 Å². The Morgan fingerprint density at radius 3 is 3.00 bits per heavy atom. The Morgan fingerprint density at radius 1 is 1.48 bits per heavy atom. The van der Waals surface area contributed by atoms with E-state index in [1.54, 1.807) is 7.11 Å². The molecule has 1 atom stereocenters. The van der Waals surface area contributed by atoms with E-state index in [0.717, 1.165) is 28.9 Å². The fraction of sp³-hybridized carbons (Fsp3) is 0.533. The van der Waals surface area contributed by atoms with Gasteiger partial charge in [-0.1, -0.05) is 15.9 Å². The van der Waals surface area contributed by atoms with E-state index in [9.17, 15) is 4.79 Å². The molecular weight excluding hydrogens is 338 g/mol. The average Bonchev–Trinajstić information content (AvgIpc) is 2.48. The van der Waals surface area contributed by atoms with Crippen molar-refractivity contribution in [3.8, 4) is 5.75 Å². The molecule has 0 bridgehead atoms. The molecule has 0 aromatic heterocycles. The minimum absolute atomic E-state index is 0.107. The molecule has 5 nitrogen and oxygen atoms in total. The molecule has 0 amide bonds. The summed E-state index contributed by atoms with van der Waals surface area (Å²) in [6.45, 7) is 2.94. The molecule has 1 heterocycles. The summed E-state index contributed by atoms with van der Waals surface area (Å²) in [6.07, 6.45) is 0.187. The summed E-state index contributed by atoms with van der Waals surface area (Å²) in [6, 6.07) is 5.97. The first-order valence-corrected chi connectivity index (χ1v) is 7.65. The molecule has 0 spiro atoms. The normalized spacial score (nSPS) is 19.3. The van der Waals surface area contributed by atoms with E-state index in [1.165, 1.54) is 7.11 Å². The monoisotopic (exact) mass is 357 g/mol. The SMILES string of the molecule is COC(=O)CC1CN(Cc2cc(Br)ccc2OC)CCO1. The van der Waals surface area contributed by atoms with Crippen molar-refractivity contribution in [1.29, 1.82) is 0 Å². The summed E-state index contributed by atoms with van der Waals surface area (Å²) in [7, 11) is 3.07. The molecular formula is C15H20BrNO4. The second kappa shape index (κ2) is 7.77. The Labute approximate surface area is 133 Å². The van der Waals surface area contributed by atoms with Crippen LogP contribution in [0.25, 0.3) is 0 Å². The van der Waals surface area contributed by atoms with Gasteiger partial charge in [-0.25, -0.2) is 0 Å². The van der Waals surface area contributed by atoms with Crippen LogP contribution in [0.3, 0.4) is 0 Å².